The molecule has 2 aliphatic carbocycles. The van der Waals surface area contributed by atoms with E-state index in [9.17, 15) is 0 Å². The SMILES string of the molecule is CC(C)(C)P(CC1=CC(=C2C=CC=CC2)C=C1C(P)(C1CCNC1)C1CCNC1)C(C)(C)C. The lowest BCUT2D eigenvalue weighted by Crippen LogP contribution is -2.44. The molecular formula is C29H46N2P2. The Bertz CT molecular complexity index is 850. The smallest absolute Gasteiger partial charge is 0.0182 e. The van der Waals surface area contributed by atoms with Crippen molar-refractivity contribution < 1.29 is 0 Å². The van der Waals surface area contributed by atoms with Crippen molar-refractivity contribution >= 4 is 17.2 Å². The van der Waals surface area contributed by atoms with Gasteiger partial charge < -0.3 is 10.6 Å². The molecule has 0 amide bonds. The van der Waals surface area contributed by atoms with Gasteiger partial charge in [-0.05, 0) is 96.0 Å². The molecule has 2 nitrogen and oxygen atoms in total. The third-order valence-corrected chi connectivity index (χ3v) is 13.3. The van der Waals surface area contributed by atoms with Gasteiger partial charge in [0.15, 0.2) is 0 Å². The first-order valence-electron chi connectivity index (χ1n) is 13.0. The van der Waals surface area contributed by atoms with Gasteiger partial charge in [-0.25, -0.2) is 0 Å². The fourth-order valence-corrected chi connectivity index (χ4v) is 11.0. The summed E-state index contributed by atoms with van der Waals surface area (Å²) in [7, 11) is 3.27. The highest BCUT2D eigenvalue weighted by atomic mass is 31.1. The van der Waals surface area contributed by atoms with Gasteiger partial charge in [-0.1, -0.05) is 85.9 Å². The molecule has 33 heavy (non-hydrogen) atoms. The minimum absolute atomic E-state index is 0.145. The predicted molar refractivity (Wildman–Crippen MR) is 152 cm³/mol. The molecule has 182 valence electrons. The Balaban J connectivity index is 1.81. The number of nitrogens with one attached hydrogen (secondary N) is 2. The van der Waals surface area contributed by atoms with Gasteiger partial charge in [0.2, 0.25) is 0 Å². The van der Waals surface area contributed by atoms with Gasteiger partial charge >= 0.3 is 0 Å². The Morgan fingerprint density at radius 1 is 0.909 bits per heavy atom. The van der Waals surface area contributed by atoms with Crippen LogP contribution in [0.25, 0.3) is 0 Å². The van der Waals surface area contributed by atoms with Crippen molar-refractivity contribution in [3.05, 3.63) is 58.7 Å². The molecule has 0 aromatic carbocycles. The standard InChI is InChI=1S/C29H46N2P2/c1-27(2,3)33(28(4,5)6)20-23-16-22(21-10-8-7-9-11-21)17-26(23)29(32,24-12-14-30-18-24)25-13-15-31-19-25/h7-10,16-17,24-25,30-31H,11-15,18-20,32H2,1-6H3. The van der Waals surface area contributed by atoms with E-state index in [1.54, 1.807) is 11.1 Å². The molecular weight excluding hydrogens is 438 g/mol. The van der Waals surface area contributed by atoms with E-state index in [1.165, 1.54) is 30.1 Å². The fraction of sp³-hybridized carbons (Fsp3) is 0.655. The van der Waals surface area contributed by atoms with E-state index in [0.717, 1.165) is 32.6 Å². The minimum Gasteiger partial charge on any atom is -0.316 e. The van der Waals surface area contributed by atoms with Crippen molar-refractivity contribution in [3.63, 3.8) is 0 Å². The second-order valence-electron chi connectivity index (χ2n) is 12.4. The van der Waals surface area contributed by atoms with E-state index >= 15 is 0 Å². The lowest BCUT2D eigenvalue weighted by Gasteiger charge is -2.46. The first-order chi connectivity index (χ1) is 15.5. The molecule has 3 atom stereocenters. The zero-order valence-corrected chi connectivity index (χ0v) is 23.8. The molecule has 2 N–H and O–H groups in total. The van der Waals surface area contributed by atoms with Gasteiger partial charge in [0.25, 0.3) is 0 Å². The van der Waals surface area contributed by atoms with Crippen molar-refractivity contribution in [3.8, 4) is 0 Å². The topological polar surface area (TPSA) is 24.1 Å². The molecule has 0 aromatic rings. The quantitative estimate of drug-likeness (QED) is 0.431. The van der Waals surface area contributed by atoms with Crippen LogP contribution in [-0.2, 0) is 0 Å². The second kappa shape index (κ2) is 9.85. The summed E-state index contributed by atoms with van der Waals surface area (Å²) in [5, 5.41) is 8.19. The number of hydrogen-bond acceptors (Lipinski definition) is 2. The Morgan fingerprint density at radius 2 is 1.52 bits per heavy atom. The van der Waals surface area contributed by atoms with Crippen molar-refractivity contribution in [2.24, 2.45) is 11.8 Å². The third-order valence-electron chi connectivity index (χ3n) is 8.11. The molecule has 3 unspecified atom stereocenters. The van der Waals surface area contributed by atoms with Gasteiger partial charge in [-0.2, -0.15) is 0 Å². The molecule has 2 aliphatic heterocycles. The zero-order valence-electron chi connectivity index (χ0n) is 21.8. The molecule has 2 saturated heterocycles. The first-order valence-corrected chi connectivity index (χ1v) is 15.1. The van der Waals surface area contributed by atoms with Gasteiger partial charge in [-0.15, -0.1) is 9.24 Å². The van der Waals surface area contributed by atoms with Crippen LogP contribution in [0.15, 0.2) is 58.7 Å². The summed E-state index contributed by atoms with van der Waals surface area (Å²) in [6.45, 7) is 19.4. The molecule has 2 fully saturated rings. The summed E-state index contributed by atoms with van der Waals surface area (Å²) in [6, 6.07) is 0. The fourth-order valence-electron chi connectivity index (χ4n) is 6.55. The van der Waals surface area contributed by atoms with Crippen LogP contribution < -0.4 is 10.6 Å². The Morgan fingerprint density at radius 3 is 1.97 bits per heavy atom. The Hall–Kier alpha value is -0.520. The van der Waals surface area contributed by atoms with Gasteiger partial charge in [-0.3, -0.25) is 0 Å². The predicted octanol–water partition coefficient (Wildman–Crippen LogP) is 6.58. The molecule has 2 heterocycles. The highest BCUT2D eigenvalue weighted by molar-refractivity contribution is 7.61. The summed E-state index contributed by atoms with van der Waals surface area (Å²) in [5.74, 6) is 1.37. The average molecular weight is 485 g/mol. The second-order valence-corrected chi connectivity index (χ2v) is 17.3. The largest absolute Gasteiger partial charge is 0.316 e. The maximum Gasteiger partial charge on any atom is 0.0182 e. The van der Waals surface area contributed by atoms with Crippen LogP contribution in [0, 0.1) is 11.8 Å². The number of allylic oxidation sites excluding steroid dienone is 10. The highest BCUT2D eigenvalue weighted by Crippen LogP contribution is 2.62. The minimum atomic E-state index is -0.193. The molecule has 0 radical (unpaired) electrons. The zero-order chi connectivity index (χ0) is 23.9. The maximum absolute atomic E-state index is 3.69. The van der Waals surface area contributed by atoms with Crippen LogP contribution in [0.3, 0.4) is 0 Å². The number of rotatable bonds is 5. The first kappa shape index (κ1) is 25.6. The summed E-state index contributed by atoms with van der Waals surface area (Å²) in [5.41, 5.74) is 6.20. The van der Waals surface area contributed by atoms with Crippen LogP contribution in [-0.4, -0.2) is 47.8 Å². The molecule has 0 saturated carbocycles. The summed E-state index contributed by atoms with van der Waals surface area (Å²) in [6.07, 6.45) is 19.1. The van der Waals surface area contributed by atoms with Crippen molar-refractivity contribution in [1.29, 1.82) is 0 Å². The maximum atomic E-state index is 3.69. The van der Waals surface area contributed by atoms with Crippen LogP contribution in [0.5, 0.6) is 0 Å². The molecule has 0 spiro atoms. The summed E-state index contributed by atoms with van der Waals surface area (Å²) < 4.78 is 0. The van der Waals surface area contributed by atoms with Crippen molar-refractivity contribution in [1.82, 2.24) is 10.6 Å². The van der Waals surface area contributed by atoms with Crippen LogP contribution in [0.1, 0.15) is 60.8 Å². The van der Waals surface area contributed by atoms with Gasteiger partial charge in [0, 0.05) is 5.16 Å². The summed E-state index contributed by atoms with van der Waals surface area (Å²) >= 11 is 0. The molecule has 0 bridgehead atoms. The molecule has 4 heteroatoms. The number of hydrogen-bond donors (Lipinski definition) is 2. The van der Waals surface area contributed by atoms with E-state index in [2.05, 4.69) is 97.9 Å². The van der Waals surface area contributed by atoms with Gasteiger partial charge in [0.05, 0.1) is 0 Å². The van der Waals surface area contributed by atoms with Crippen LogP contribution in [0.2, 0.25) is 0 Å². The lowest BCUT2D eigenvalue weighted by molar-refractivity contribution is 0.339. The van der Waals surface area contributed by atoms with E-state index < -0.39 is 0 Å². The van der Waals surface area contributed by atoms with E-state index in [0.29, 0.717) is 22.1 Å². The van der Waals surface area contributed by atoms with Crippen molar-refractivity contribution in [2.45, 2.75) is 76.3 Å². The summed E-state index contributed by atoms with van der Waals surface area (Å²) in [4.78, 5) is 0. The monoisotopic (exact) mass is 484 g/mol. The molecule has 0 aromatic heterocycles. The molecule has 4 rings (SSSR count). The lowest BCUT2D eigenvalue weighted by atomic mass is 9.73. The van der Waals surface area contributed by atoms with E-state index in [1.807, 2.05) is 0 Å². The molecule has 4 aliphatic rings. The van der Waals surface area contributed by atoms with E-state index in [-0.39, 0.29) is 13.1 Å². The van der Waals surface area contributed by atoms with E-state index in [4.69, 9.17) is 0 Å². The van der Waals surface area contributed by atoms with Crippen LogP contribution >= 0.6 is 17.2 Å². The normalized spacial score (nSPS) is 30.2. The average Bonchev–Trinajstić information content (AvgIpc) is 3.52. The Labute approximate surface area is 206 Å². The van der Waals surface area contributed by atoms with Crippen LogP contribution in [0.4, 0.5) is 0 Å². The third kappa shape index (κ3) is 5.35. The van der Waals surface area contributed by atoms with Gasteiger partial charge in [0.1, 0.15) is 0 Å². The van der Waals surface area contributed by atoms with Crippen molar-refractivity contribution in [2.75, 3.05) is 32.3 Å². The highest BCUT2D eigenvalue weighted by Gasteiger charge is 2.48. The Kier molecular flexibility index (Phi) is 7.63.